The van der Waals surface area contributed by atoms with Gasteiger partial charge in [0.2, 0.25) is 5.28 Å². The van der Waals surface area contributed by atoms with Gasteiger partial charge in [-0.05, 0) is 52.1 Å². The Morgan fingerprint density at radius 2 is 1.26 bits per heavy atom. The minimum absolute atomic E-state index is 0.115. The van der Waals surface area contributed by atoms with Gasteiger partial charge in [-0.3, -0.25) is 0 Å². The first-order valence-corrected chi connectivity index (χ1v) is 12.3. The molecule has 5 heteroatoms. The maximum atomic E-state index is 8.37. The molecule has 0 aliphatic heterocycles. The summed E-state index contributed by atoms with van der Waals surface area (Å²) < 4.78 is 46.9. The number of nitrogens with zero attached hydrogens (tertiary/aromatic N) is 3. The number of benzene rings is 5. The average molecular weight is 515 g/mol. The lowest BCUT2D eigenvalue weighted by molar-refractivity contribution is 0.669. The highest BCUT2D eigenvalue weighted by Gasteiger charge is 2.17. The van der Waals surface area contributed by atoms with Crippen molar-refractivity contribution in [3.8, 4) is 45.0 Å². The maximum Gasteiger partial charge on any atom is 0.226 e. The molecule has 0 radical (unpaired) electrons. The molecule has 2 heterocycles. The minimum atomic E-state index is -0.501. The second-order valence-electron chi connectivity index (χ2n) is 8.69. The fraction of sp³-hybridized carbons (Fsp3) is 0. The van der Waals surface area contributed by atoms with Crippen LogP contribution in [-0.4, -0.2) is 15.0 Å². The van der Waals surface area contributed by atoms with Gasteiger partial charge in [0.1, 0.15) is 11.2 Å². The molecule has 0 atom stereocenters. The highest BCUT2D eigenvalue weighted by molar-refractivity contribution is 6.28. The summed E-state index contributed by atoms with van der Waals surface area (Å²) in [4.78, 5) is 13.0. The Kier molecular flexibility index (Phi) is 4.29. The van der Waals surface area contributed by atoms with Gasteiger partial charge in [-0.2, -0.15) is 9.97 Å². The monoisotopic (exact) mass is 514 g/mol. The summed E-state index contributed by atoms with van der Waals surface area (Å²) in [5.74, 6) is 0.0729. The Balaban J connectivity index is 1.38. The van der Waals surface area contributed by atoms with Crippen molar-refractivity contribution in [2.24, 2.45) is 0 Å². The molecule has 4 nitrogen and oxygen atoms in total. The van der Waals surface area contributed by atoms with E-state index in [0.29, 0.717) is 16.7 Å². The predicted octanol–water partition coefficient (Wildman–Crippen LogP) is 9.09. The largest absolute Gasteiger partial charge is 0.456 e. The van der Waals surface area contributed by atoms with Gasteiger partial charge in [0, 0.05) is 21.9 Å². The zero-order valence-corrected chi connectivity index (χ0v) is 20.5. The van der Waals surface area contributed by atoms with Crippen molar-refractivity contribution in [2.75, 3.05) is 0 Å². The summed E-state index contributed by atoms with van der Waals surface area (Å²) in [6, 6.07) is 27.7. The zero-order valence-electron chi connectivity index (χ0n) is 24.8. The maximum absolute atomic E-state index is 8.37. The second-order valence-corrected chi connectivity index (χ2v) is 9.02. The molecule has 180 valence electrons. The normalized spacial score (nSPS) is 13.1. The number of rotatable bonds is 4. The van der Waals surface area contributed by atoms with E-state index in [4.69, 9.17) is 22.9 Å². The van der Waals surface area contributed by atoms with Crippen LogP contribution in [-0.2, 0) is 0 Å². The molecular formula is C33H20ClN3O. The van der Waals surface area contributed by atoms with Crippen molar-refractivity contribution in [1.29, 1.82) is 0 Å². The van der Waals surface area contributed by atoms with Crippen LogP contribution in [0, 0.1) is 0 Å². The SMILES string of the molecule is [2H]c1c([2H])c([2H])c(-c2nc(Cl)nc(-c3cccc4oc5ccc(-c6ccc(-c7ccccc7)cc6)cc5c34)n2)c([2H])c1[2H]. The molecule has 0 saturated heterocycles. The molecule has 0 N–H and O–H groups in total. The van der Waals surface area contributed by atoms with Crippen molar-refractivity contribution in [3.05, 3.63) is 126 Å². The van der Waals surface area contributed by atoms with Crippen LogP contribution < -0.4 is 0 Å². The van der Waals surface area contributed by atoms with Gasteiger partial charge in [-0.25, -0.2) is 4.98 Å². The summed E-state index contributed by atoms with van der Waals surface area (Å²) in [7, 11) is 0. The van der Waals surface area contributed by atoms with Gasteiger partial charge in [0.05, 0.1) is 6.85 Å². The molecule has 0 aliphatic carbocycles. The second kappa shape index (κ2) is 9.25. The summed E-state index contributed by atoms with van der Waals surface area (Å²) in [5.41, 5.74) is 6.06. The molecule has 0 spiro atoms. The molecule has 0 aliphatic rings. The molecule has 2 aromatic heterocycles. The predicted molar refractivity (Wildman–Crippen MR) is 154 cm³/mol. The van der Waals surface area contributed by atoms with E-state index in [0.717, 1.165) is 33.0 Å². The summed E-state index contributed by atoms with van der Waals surface area (Å²) in [5, 5.41) is 1.43. The van der Waals surface area contributed by atoms with Crippen molar-refractivity contribution in [2.45, 2.75) is 0 Å². The highest BCUT2D eigenvalue weighted by Crippen LogP contribution is 2.38. The van der Waals surface area contributed by atoms with Crippen molar-refractivity contribution in [1.82, 2.24) is 15.0 Å². The van der Waals surface area contributed by atoms with Crippen LogP contribution in [0.1, 0.15) is 6.85 Å². The average Bonchev–Trinajstić information content (AvgIpc) is 3.41. The lowest BCUT2D eigenvalue weighted by Gasteiger charge is -2.07. The van der Waals surface area contributed by atoms with E-state index >= 15 is 0 Å². The van der Waals surface area contributed by atoms with Gasteiger partial charge >= 0.3 is 0 Å². The molecule has 0 bridgehead atoms. The first-order valence-electron chi connectivity index (χ1n) is 14.4. The van der Waals surface area contributed by atoms with E-state index in [1.807, 2.05) is 48.5 Å². The molecule has 0 fully saturated rings. The molecule has 0 amide bonds. The molecular weight excluding hydrogens is 490 g/mol. The molecule has 5 aromatic carbocycles. The van der Waals surface area contributed by atoms with Crippen molar-refractivity contribution < 1.29 is 11.3 Å². The third-order valence-corrected chi connectivity index (χ3v) is 6.56. The first-order chi connectivity index (χ1) is 20.8. The first kappa shape index (κ1) is 17.6. The van der Waals surface area contributed by atoms with Gasteiger partial charge in [0.15, 0.2) is 11.6 Å². The number of furan rings is 1. The third kappa shape index (κ3) is 4.01. The Labute approximate surface area is 231 Å². The lowest BCUT2D eigenvalue weighted by Crippen LogP contribution is -1.97. The molecule has 0 saturated carbocycles. The van der Waals surface area contributed by atoms with E-state index in [2.05, 4.69) is 57.4 Å². The summed E-state index contributed by atoms with van der Waals surface area (Å²) in [6.07, 6.45) is 0. The minimum Gasteiger partial charge on any atom is -0.456 e. The standard InChI is InChI=1S/C33H20ClN3O/c34-33-36-31(24-10-5-2-6-11-24)35-32(37-33)26-12-7-13-29-30(26)27-20-25(18-19-28(27)38-29)23-16-14-22(15-17-23)21-8-3-1-4-9-21/h1-20H/i2D,5D,6D,10D,11D. The van der Waals surface area contributed by atoms with Gasteiger partial charge in [0.25, 0.3) is 0 Å². The molecule has 0 unspecified atom stereocenters. The fourth-order valence-corrected chi connectivity index (χ4v) is 4.78. The van der Waals surface area contributed by atoms with Gasteiger partial charge in [-0.15, -0.1) is 0 Å². The van der Waals surface area contributed by atoms with Crippen LogP contribution in [0.2, 0.25) is 5.28 Å². The Bertz CT molecular complexity index is 2170. The van der Waals surface area contributed by atoms with Crippen molar-refractivity contribution in [3.63, 3.8) is 0 Å². The van der Waals surface area contributed by atoms with E-state index in [9.17, 15) is 0 Å². The quantitative estimate of drug-likeness (QED) is 0.235. The van der Waals surface area contributed by atoms with Crippen LogP contribution in [0.3, 0.4) is 0 Å². The number of halogens is 1. The van der Waals surface area contributed by atoms with Crippen LogP contribution >= 0.6 is 11.6 Å². The van der Waals surface area contributed by atoms with Crippen LogP contribution in [0.5, 0.6) is 0 Å². The van der Waals surface area contributed by atoms with Crippen LogP contribution in [0.4, 0.5) is 0 Å². The Morgan fingerprint density at radius 3 is 2.05 bits per heavy atom. The smallest absolute Gasteiger partial charge is 0.226 e. The number of hydrogen-bond donors (Lipinski definition) is 0. The van der Waals surface area contributed by atoms with E-state index in [-0.39, 0.29) is 22.5 Å². The van der Waals surface area contributed by atoms with E-state index < -0.39 is 30.2 Å². The Hall–Kier alpha value is -4.80. The topological polar surface area (TPSA) is 51.8 Å². The molecule has 7 aromatic rings. The van der Waals surface area contributed by atoms with Gasteiger partial charge in [-0.1, -0.05) is 103 Å². The number of fused-ring (bicyclic) bond motifs is 3. The fourth-order valence-electron chi connectivity index (χ4n) is 4.62. The molecule has 38 heavy (non-hydrogen) atoms. The number of aromatic nitrogens is 3. The highest BCUT2D eigenvalue weighted by atomic mass is 35.5. The van der Waals surface area contributed by atoms with Crippen LogP contribution in [0.15, 0.2) is 126 Å². The third-order valence-electron chi connectivity index (χ3n) is 6.39. The molecule has 7 rings (SSSR count). The van der Waals surface area contributed by atoms with Gasteiger partial charge < -0.3 is 4.42 Å². The van der Waals surface area contributed by atoms with E-state index in [1.54, 1.807) is 0 Å². The Morgan fingerprint density at radius 1 is 0.579 bits per heavy atom. The summed E-state index contributed by atoms with van der Waals surface area (Å²) >= 11 is 6.33. The van der Waals surface area contributed by atoms with Crippen molar-refractivity contribution >= 4 is 33.5 Å². The van der Waals surface area contributed by atoms with E-state index in [1.165, 1.54) is 0 Å². The number of hydrogen-bond acceptors (Lipinski definition) is 4. The summed E-state index contributed by atoms with van der Waals surface area (Å²) in [6.45, 7) is 0. The van der Waals surface area contributed by atoms with Crippen LogP contribution in [0.25, 0.3) is 67.0 Å². The zero-order chi connectivity index (χ0) is 29.8. The lowest BCUT2D eigenvalue weighted by atomic mass is 9.98.